The summed E-state index contributed by atoms with van der Waals surface area (Å²) >= 11 is 3.28. The highest BCUT2D eigenvalue weighted by Gasteiger charge is 2.13. The molecule has 0 unspecified atom stereocenters. The molecule has 0 fully saturated rings. The van der Waals surface area contributed by atoms with E-state index in [0.29, 0.717) is 10.3 Å². The third-order valence-corrected chi connectivity index (χ3v) is 3.22. The fourth-order valence-electron chi connectivity index (χ4n) is 1.66. The predicted molar refractivity (Wildman–Crippen MR) is 75.4 cm³/mol. The number of hydrogen-bond acceptors (Lipinski definition) is 2. The van der Waals surface area contributed by atoms with Gasteiger partial charge in [-0.1, -0.05) is 12.1 Å². The van der Waals surface area contributed by atoms with Crippen LogP contribution in [0.15, 0.2) is 34.9 Å². The van der Waals surface area contributed by atoms with E-state index in [1.165, 1.54) is 12.1 Å². The maximum absolute atomic E-state index is 13.5. The Hall–Kier alpha value is -1.82. The van der Waals surface area contributed by atoms with Gasteiger partial charge in [-0.3, -0.25) is 4.79 Å². The number of carbonyl (C=O) groups is 1. The minimum absolute atomic E-state index is 0.00531. The van der Waals surface area contributed by atoms with Crippen molar-refractivity contribution in [1.82, 2.24) is 4.98 Å². The van der Waals surface area contributed by atoms with Gasteiger partial charge in [0.25, 0.3) is 0 Å². The number of rotatable bonds is 3. The predicted octanol–water partition coefficient (Wildman–Crippen LogP) is 3.61. The summed E-state index contributed by atoms with van der Waals surface area (Å²) in [5.74, 6) is -2.09. The summed E-state index contributed by atoms with van der Waals surface area (Å²) in [6, 6.07) is 5.54. The zero-order valence-electron chi connectivity index (χ0n) is 10.6. The SMILES string of the molecule is Cc1cnc(NC(=O)Cc2cccc(F)c2F)c(Br)c1. The highest BCUT2D eigenvalue weighted by atomic mass is 79.9. The number of hydrogen-bond donors (Lipinski definition) is 1. The Balaban J connectivity index is 2.11. The Kier molecular flexibility index (Phi) is 4.44. The summed E-state index contributed by atoms with van der Waals surface area (Å²) in [5, 5.41) is 2.55. The molecule has 2 aromatic rings. The second-order valence-corrected chi connectivity index (χ2v) is 5.14. The van der Waals surface area contributed by atoms with E-state index in [0.717, 1.165) is 11.6 Å². The Bertz CT molecular complexity index is 662. The normalized spacial score (nSPS) is 10.4. The summed E-state index contributed by atoms with van der Waals surface area (Å²) in [4.78, 5) is 15.9. The van der Waals surface area contributed by atoms with Crippen molar-refractivity contribution < 1.29 is 13.6 Å². The molecule has 0 bridgehead atoms. The zero-order valence-corrected chi connectivity index (χ0v) is 12.2. The molecule has 1 N–H and O–H groups in total. The molecule has 0 radical (unpaired) electrons. The molecule has 0 aliphatic carbocycles. The van der Waals surface area contributed by atoms with Gasteiger partial charge in [0.1, 0.15) is 5.82 Å². The molecule has 0 atom stereocenters. The Morgan fingerprint density at radius 2 is 2.15 bits per heavy atom. The van der Waals surface area contributed by atoms with Crippen LogP contribution >= 0.6 is 15.9 Å². The number of anilines is 1. The second-order valence-electron chi connectivity index (χ2n) is 4.28. The van der Waals surface area contributed by atoms with Crippen LogP contribution in [0.1, 0.15) is 11.1 Å². The van der Waals surface area contributed by atoms with Gasteiger partial charge >= 0.3 is 0 Å². The third kappa shape index (κ3) is 3.39. The van der Waals surface area contributed by atoms with E-state index in [2.05, 4.69) is 26.2 Å². The van der Waals surface area contributed by atoms with Gasteiger partial charge in [0.05, 0.1) is 10.9 Å². The van der Waals surface area contributed by atoms with Crippen molar-refractivity contribution in [1.29, 1.82) is 0 Å². The fraction of sp³-hybridized carbons (Fsp3) is 0.143. The summed E-state index contributed by atoms with van der Waals surface area (Å²) < 4.78 is 27.1. The van der Waals surface area contributed by atoms with Crippen LogP contribution in [0.4, 0.5) is 14.6 Å². The number of benzene rings is 1. The number of carbonyl (C=O) groups excluding carboxylic acids is 1. The topological polar surface area (TPSA) is 42.0 Å². The van der Waals surface area contributed by atoms with Gasteiger partial charge in [-0.25, -0.2) is 13.8 Å². The highest BCUT2D eigenvalue weighted by Crippen LogP contribution is 2.21. The van der Waals surface area contributed by atoms with Crippen LogP contribution in [0.3, 0.4) is 0 Å². The largest absolute Gasteiger partial charge is 0.309 e. The molecule has 1 aromatic heterocycles. The minimum atomic E-state index is -1.00. The average molecular weight is 341 g/mol. The van der Waals surface area contributed by atoms with E-state index < -0.39 is 17.5 Å². The molecule has 20 heavy (non-hydrogen) atoms. The monoisotopic (exact) mass is 340 g/mol. The zero-order chi connectivity index (χ0) is 14.7. The lowest BCUT2D eigenvalue weighted by Crippen LogP contribution is -2.16. The third-order valence-electron chi connectivity index (χ3n) is 2.62. The van der Waals surface area contributed by atoms with Gasteiger partial charge in [0.15, 0.2) is 11.6 Å². The quantitative estimate of drug-likeness (QED) is 0.927. The van der Waals surface area contributed by atoms with E-state index in [-0.39, 0.29) is 12.0 Å². The van der Waals surface area contributed by atoms with Crippen molar-refractivity contribution in [2.24, 2.45) is 0 Å². The maximum atomic E-state index is 13.5. The lowest BCUT2D eigenvalue weighted by Gasteiger charge is -2.08. The molecule has 0 aliphatic rings. The van der Waals surface area contributed by atoms with Gasteiger partial charge in [-0.05, 0) is 40.5 Å². The van der Waals surface area contributed by atoms with Gasteiger partial charge in [0, 0.05) is 11.8 Å². The van der Waals surface area contributed by atoms with Crippen LogP contribution in [0.5, 0.6) is 0 Å². The van der Waals surface area contributed by atoms with Crippen LogP contribution in [0.25, 0.3) is 0 Å². The first-order valence-electron chi connectivity index (χ1n) is 5.82. The van der Waals surface area contributed by atoms with Crippen LogP contribution < -0.4 is 5.32 Å². The number of nitrogens with one attached hydrogen (secondary N) is 1. The molecule has 1 amide bonds. The number of pyridine rings is 1. The van der Waals surface area contributed by atoms with Crippen molar-refractivity contribution in [2.45, 2.75) is 13.3 Å². The van der Waals surface area contributed by atoms with Crippen molar-refractivity contribution in [3.63, 3.8) is 0 Å². The molecule has 2 rings (SSSR count). The molecule has 0 spiro atoms. The van der Waals surface area contributed by atoms with Gasteiger partial charge in [-0.2, -0.15) is 0 Å². The van der Waals surface area contributed by atoms with Crippen LogP contribution in [0, 0.1) is 18.6 Å². The molecular weight excluding hydrogens is 330 g/mol. The fourth-order valence-corrected chi connectivity index (χ4v) is 2.22. The van der Waals surface area contributed by atoms with Crippen molar-refractivity contribution >= 4 is 27.7 Å². The summed E-state index contributed by atoms with van der Waals surface area (Å²) in [5.41, 5.74) is 0.941. The van der Waals surface area contributed by atoms with E-state index >= 15 is 0 Å². The highest BCUT2D eigenvalue weighted by molar-refractivity contribution is 9.10. The molecule has 0 aliphatic heterocycles. The van der Waals surface area contributed by atoms with Gasteiger partial charge < -0.3 is 5.32 Å². The number of aromatic nitrogens is 1. The lowest BCUT2D eigenvalue weighted by molar-refractivity contribution is -0.115. The van der Waals surface area contributed by atoms with Crippen LogP contribution in [0.2, 0.25) is 0 Å². The first kappa shape index (κ1) is 14.6. The Morgan fingerprint density at radius 3 is 2.85 bits per heavy atom. The van der Waals surface area contributed by atoms with Gasteiger partial charge in [0.2, 0.25) is 5.91 Å². The van der Waals surface area contributed by atoms with Crippen molar-refractivity contribution in [3.8, 4) is 0 Å². The summed E-state index contributed by atoms with van der Waals surface area (Å²) in [7, 11) is 0. The van der Waals surface area contributed by atoms with Crippen molar-refractivity contribution in [2.75, 3.05) is 5.32 Å². The second kappa shape index (κ2) is 6.09. The molecular formula is C14H11BrF2N2O. The maximum Gasteiger partial charge on any atom is 0.230 e. The molecule has 0 saturated heterocycles. The molecule has 1 heterocycles. The number of aryl methyl sites for hydroxylation is 1. The van der Waals surface area contributed by atoms with E-state index in [9.17, 15) is 13.6 Å². The Labute approximate surface area is 123 Å². The number of nitrogens with zero attached hydrogens (tertiary/aromatic N) is 1. The van der Waals surface area contributed by atoms with E-state index in [1.807, 2.05) is 6.92 Å². The summed E-state index contributed by atoms with van der Waals surface area (Å²) in [6.07, 6.45) is 1.34. The van der Waals surface area contributed by atoms with E-state index in [1.54, 1.807) is 12.3 Å². The molecule has 1 aromatic carbocycles. The molecule has 6 heteroatoms. The molecule has 3 nitrogen and oxygen atoms in total. The van der Waals surface area contributed by atoms with E-state index in [4.69, 9.17) is 0 Å². The first-order chi connectivity index (χ1) is 9.47. The van der Waals surface area contributed by atoms with Crippen LogP contribution in [-0.2, 0) is 11.2 Å². The average Bonchev–Trinajstić information content (AvgIpc) is 2.38. The Morgan fingerprint density at radius 1 is 1.40 bits per heavy atom. The molecule has 104 valence electrons. The first-order valence-corrected chi connectivity index (χ1v) is 6.61. The summed E-state index contributed by atoms with van der Waals surface area (Å²) in [6.45, 7) is 1.87. The minimum Gasteiger partial charge on any atom is -0.309 e. The number of amides is 1. The van der Waals surface area contributed by atoms with Crippen molar-refractivity contribution in [3.05, 3.63) is 57.7 Å². The smallest absolute Gasteiger partial charge is 0.230 e. The van der Waals surface area contributed by atoms with Gasteiger partial charge in [-0.15, -0.1) is 0 Å². The number of halogens is 3. The lowest BCUT2D eigenvalue weighted by atomic mass is 10.1. The molecule has 0 saturated carbocycles. The standard InChI is InChI=1S/C14H11BrF2N2O/c1-8-5-10(15)14(18-7-8)19-12(20)6-9-3-2-4-11(16)13(9)17/h2-5,7H,6H2,1H3,(H,18,19,20). The van der Waals surface area contributed by atoms with Crippen LogP contribution in [-0.4, -0.2) is 10.9 Å².